The van der Waals surface area contributed by atoms with Crippen LogP contribution in [0.5, 0.6) is 0 Å². The third-order valence-electron chi connectivity index (χ3n) is 1.61. The predicted molar refractivity (Wildman–Crippen MR) is 66.0 cm³/mol. The van der Waals surface area contributed by atoms with Crippen LogP contribution in [0.3, 0.4) is 0 Å². The molecule has 0 unspecified atom stereocenters. The Morgan fingerprint density at radius 2 is 1.62 bits per heavy atom. The average Bonchev–Trinajstić information content (AvgIpc) is 2.02. The van der Waals surface area contributed by atoms with Crippen molar-refractivity contribution >= 4 is 55.2 Å². The summed E-state index contributed by atoms with van der Waals surface area (Å²) in [6.07, 6.45) is 0.843. The lowest BCUT2D eigenvalue weighted by Gasteiger charge is -2.06. The van der Waals surface area contributed by atoms with Crippen LogP contribution in [-0.2, 0) is 6.42 Å². The second kappa shape index (κ2) is 5.03. The lowest BCUT2D eigenvalue weighted by atomic mass is 10.2. The maximum atomic E-state index is 5.77. The lowest BCUT2D eigenvalue weighted by Crippen LogP contribution is -2.09. The molecule has 0 aliphatic rings. The zero-order valence-electron chi connectivity index (χ0n) is 6.74. The van der Waals surface area contributed by atoms with Crippen molar-refractivity contribution in [3.63, 3.8) is 0 Å². The van der Waals surface area contributed by atoms with E-state index in [-0.39, 0.29) is 0 Å². The van der Waals surface area contributed by atoms with Gasteiger partial charge in [0, 0.05) is 4.47 Å². The molecule has 0 amide bonds. The number of hydrogen-bond acceptors (Lipinski definition) is 0. The third kappa shape index (κ3) is 5.28. The van der Waals surface area contributed by atoms with Crippen LogP contribution in [0.15, 0.2) is 28.7 Å². The summed E-state index contributed by atoms with van der Waals surface area (Å²) in [5.74, 6) is 0. The Bertz CT molecular complexity index is 268. The molecular weight excluding hydrogens is 310 g/mol. The molecule has 0 fully saturated rings. The largest absolute Gasteiger partial charge is 0.341 e. The highest BCUT2D eigenvalue weighted by Gasteiger charge is 2.23. The molecule has 0 spiro atoms. The minimum Gasteiger partial charge on any atom is -0.126 e. The highest BCUT2D eigenvalue weighted by atomic mass is 79.9. The molecule has 0 aromatic heterocycles. The van der Waals surface area contributed by atoms with Gasteiger partial charge in [-0.1, -0.05) is 28.1 Å². The fourth-order valence-electron chi connectivity index (χ4n) is 0.937. The Kier molecular flexibility index (Phi) is 4.59. The van der Waals surface area contributed by atoms with E-state index in [2.05, 4.69) is 15.9 Å². The Balaban J connectivity index is 2.51. The smallest absolute Gasteiger partial charge is 0.126 e. The number of benzene rings is 1. The van der Waals surface area contributed by atoms with Crippen LogP contribution in [0.1, 0.15) is 5.56 Å². The van der Waals surface area contributed by atoms with E-state index >= 15 is 0 Å². The first-order chi connectivity index (χ1) is 5.97. The first-order valence-electron chi connectivity index (χ1n) is 3.78. The van der Waals surface area contributed by atoms with Gasteiger partial charge in [0.1, 0.15) is 0 Å². The Labute approximate surface area is 101 Å². The zero-order chi connectivity index (χ0) is 9.90. The summed E-state index contributed by atoms with van der Waals surface area (Å²) >= 11 is 20.7. The normalized spacial score (nSPS) is 11.7. The highest BCUT2D eigenvalue weighted by Crippen LogP contribution is 2.26. The van der Waals surface area contributed by atoms with Crippen LogP contribution in [0.25, 0.3) is 0 Å². The van der Waals surface area contributed by atoms with Gasteiger partial charge in [-0.2, -0.15) is 0 Å². The molecule has 13 heavy (non-hydrogen) atoms. The first-order valence-corrected chi connectivity index (χ1v) is 9.82. The molecule has 1 aromatic rings. The van der Waals surface area contributed by atoms with Gasteiger partial charge in [0.15, 0.2) is 0 Å². The SMILES string of the molecule is Cl[Si](Cl)(Cl)CCc1ccc(Br)cc1. The monoisotopic (exact) mass is 316 g/mol. The molecule has 1 aromatic carbocycles. The number of rotatable bonds is 3. The molecule has 5 heteroatoms. The van der Waals surface area contributed by atoms with E-state index in [4.69, 9.17) is 33.2 Å². The van der Waals surface area contributed by atoms with Crippen molar-refractivity contribution in [1.82, 2.24) is 0 Å². The fraction of sp³-hybridized carbons (Fsp3) is 0.250. The van der Waals surface area contributed by atoms with Crippen molar-refractivity contribution in [3.05, 3.63) is 34.3 Å². The quantitative estimate of drug-likeness (QED) is 0.562. The molecule has 0 atom stereocenters. The molecule has 1 rings (SSSR count). The Morgan fingerprint density at radius 3 is 2.08 bits per heavy atom. The van der Waals surface area contributed by atoms with Crippen molar-refractivity contribution in [3.8, 4) is 0 Å². The summed E-state index contributed by atoms with van der Waals surface area (Å²) in [4.78, 5) is 0. The van der Waals surface area contributed by atoms with Gasteiger partial charge in [-0.3, -0.25) is 0 Å². The van der Waals surface area contributed by atoms with Gasteiger partial charge >= 0.3 is 6.00 Å². The zero-order valence-corrected chi connectivity index (χ0v) is 11.6. The van der Waals surface area contributed by atoms with Gasteiger partial charge in [-0.15, -0.1) is 33.2 Å². The van der Waals surface area contributed by atoms with Crippen molar-refractivity contribution in [2.45, 2.75) is 12.5 Å². The molecule has 0 saturated carbocycles. The topological polar surface area (TPSA) is 0 Å². The van der Waals surface area contributed by atoms with E-state index in [9.17, 15) is 0 Å². The number of hydrogen-bond donors (Lipinski definition) is 0. The fourth-order valence-corrected chi connectivity index (χ4v) is 2.62. The molecule has 0 heterocycles. The standard InChI is InChI=1S/C8H8BrCl3Si/c9-8-3-1-7(2-4-8)5-6-13(10,11)12/h1-4H,5-6H2. The molecule has 72 valence electrons. The molecule has 0 nitrogen and oxygen atoms in total. The molecule has 0 N–H and O–H groups in total. The van der Waals surface area contributed by atoms with Crippen molar-refractivity contribution in [2.24, 2.45) is 0 Å². The van der Waals surface area contributed by atoms with Gasteiger partial charge in [0.2, 0.25) is 0 Å². The van der Waals surface area contributed by atoms with Crippen LogP contribution in [0.4, 0.5) is 0 Å². The highest BCUT2D eigenvalue weighted by molar-refractivity contribution is 9.10. The summed E-state index contributed by atoms with van der Waals surface area (Å²) in [6.45, 7) is 0. The van der Waals surface area contributed by atoms with Crippen LogP contribution in [0.2, 0.25) is 6.04 Å². The number of halogens is 4. The van der Waals surface area contributed by atoms with Crippen molar-refractivity contribution in [1.29, 1.82) is 0 Å². The van der Waals surface area contributed by atoms with Crippen molar-refractivity contribution in [2.75, 3.05) is 0 Å². The first kappa shape index (κ1) is 11.9. The van der Waals surface area contributed by atoms with Gasteiger partial charge in [-0.05, 0) is 30.2 Å². The average molecular weight is 319 g/mol. The van der Waals surface area contributed by atoms with E-state index in [0.717, 1.165) is 10.9 Å². The summed E-state index contributed by atoms with van der Waals surface area (Å²) in [5.41, 5.74) is 1.21. The molecule has 0 aliphatic carbocycles. The molecule has 0 radical (unpaired) electrons. The van der Waals surface area contributed by atoms with E-state index in [1.807, 2.05) is 24.3 Å². The summed E-state index contributed by atoms with van der Waals surface area (Å²) in [6, 6.07) is 6.30. The lowest BCUT2D eigenvalue weighted by molar-refractivity contribution is 1.12. The maximum Gasteiger partial charge on any atom is 0.341 e. The van der Waals surface area contributed by atoms with E-state index < -0.39 is 6.00 Å². The van der Waals surface area contributed by atoms with Gasteiger partial charge in [-0.25, -0.2) is 0 Å². The molecule has 0 aliphatic heterocycles. The third-order valence-corrected chi connectivity index (χ3v) is 4.66. The van der Waals surface area contributed by atoms with Crippen LogP contribution in [-0.4, -0.2) is 6.00 Å². The Morgan fingerprint density at radius 1 is 1.08 bits per heavy atom. The van der Waals surface area contributed by atoms with Gasteiger partial charge in [0.05, 0.1) is 0 Å². The second-order valence-corrected chi connectivity index (χ2v) is 12.9. The predicted octanol–water partition coefficient (Wildman–Crippen LogP) is 4.65. The van der Waals surface area contributed by atoms with Crippen molar-refractivity contribution < 1.29 is 0 Å². The molecule has 0 bridgehead atoms. The van der Waals surface area contributed by atoms with Crippen LogP contribution in [0, 0.1) is 0 Å². The minimum atomic E-state index is -2.45. The summed E-state index contributed by atoms with van der Waals surface area (Å²) in [7, 11) is 0. The van der Waals surface area contributed by atoms with Gasteiger partial charge in [0.25, 0.3) is 0 Å². The summed E-state index contributed by atoms with van der Waals surface area (Å²) in [5, 5.41) is 0. The van der Waals surface area contributed by atoms with Crippen LogP contribution >= 0.6 is 49.2 Å². The number of aryl methyl sites for hydroxylation is 1. The Hall–Kier alpha value is 0.787. The second-order valence-electron chi connectivity index (χ2n) is 2.74. The maximum absolute atomic E-state index is 5.77. The van der Waals surface area contributed by atoms with Gasteiger partial charge < -0.3 is 0 Å². The summed E-state index contributed by atoms with van der Waals surface area (Å²) < 4.78 is 1.07. The van der Waals surface area contributed by atoms with E-state index in [0.29, 0.717) is 6.04 Å². The van der Waals surface area contributed by atoms with Crippen LogP contribution < -0.4 is 0 Å². The van der Waals surface area contributed by atoms with E-state index in [1.165, 1.54) is 5.56 Å². The molecule has 0 saturated heterocycles. The van der Waals surface area contributed by atoms with E-state index in [1.54, 1.807) is 0 Å². The minimum absolute atomic E-state index is 0.680. The molecular formula is C8H8BrCl3Si.